The van der Waals surface area contributed by atoms with Crippen molar-refractivity contribution in [2.75, 3.05) is 18.6 Å². The van der Waals surface area contributed by atoms with Gasteiger partial charge in [0.05, 0.1) is 12.4 Å². The number of benzene rings is 3. The number of thioether (sulfide) groups is 1. The van der Waals surface area contributed by atoms with Gasteiger partial charge in [-0.3, -0.25) is 14.5 Å². The Morgan fingerprint density at radius 2 is 1.81 bits per heavy atom. The number of amides is 2. The summed E-state index contributed by atoms with van der Waals surface area (Å²) in [6.07, 6.45) is 1.02. The van der Waals surface area contributed by atoms with Gasteiger partial charge < -0.3 is 10.1 Å². The fraction of sp³-hybridized carbons (Fsp3) is 0.207. The van der Waals surface area contributed by atoms with E-state index >= 15 is 0 Å². The molecule has 0 aliphatic carbocycles. The molecule has 1 fully saturated rings. The number of carbonyl (C=O) groups is 2. The van der Waals surface area contributed by atoms with E-state index in [2.05, 4.69) is 5.32 Å². The first-order valence-corrected chi connectivity index (χ1v) is 13.0. The van der Waals surface area contributed by atoms with E-state index in [0.29, 0.717) is 35.1 Å². The van der Waals surface area contributed by atoms with Crippen LogP contribution in [0.1, 0.15) is 16.7 Å². The zero-order valence-electron chi connectivity index (χ0n) is 20.5. The van der Waals surface area contributed by atoms with Gasteiger partial charge in [0.25, 0.3) is 5.91 Å². The van der Waals surface area contributed by atoms with Crippen LogP contribution in [-0.2, 0) is 22.4 Å². The Balaban J connectivity index is 1.57. The number of rotatable bonds is 8. The van der Waals surface area contributed by atoms with Crippen molar-refractivity contribution in [1.82, 2.24) is 5.32 Å². The van der Waals surface area contributed by atoms with Crippen molar-refractivity contribution in [3.8, 4) is 11.8 Å². The number of ether oxygens (including phenoxy) is 1. The Morgan fingerprint density at radius 3 is 2.46 bits per heavy atom. The van der Waals surface area contributed by atoms with Crippen molar-refractivity contribution in [3.05, 3.63) is 105 Å². The van der Waals surface area contributed by atoms with Gasteiger partial charge in [0.2, 0.25) is 5.91 Å². The number of carbonyl (C=O) groups excluding carboxylic acids is 2. The molecule has 1 aliphatic rings. The lowest BCUT2D eigenvalue weighted by Gasteiger charge is -2.18. The monoisotopic (exact) mass is 531 g/mol. The van der Waals surface area contributed by atoms with Crippen LogP contribution in [0, 0.1) is 18.3 Å². The molecule has 1 saturated heterocycles. The molecule has 1 atom stereocenters. The van der Waals surface area contributed by atoms with E-state index in [1.807, 2.05) is 73.7 Å². The molecule has 0 unspecified atom stereocenters. The van der Waals surface area contributed by atoms with Gasteiger partial charge >= 0.3 is 0 Å². The second-order valence-corrected chi connectivity index (χ2v) is 10.1. The van der Waals surface area contributed by atoms with Crippen LogP contribution in [-0.4, -0.2) is 30.7 Å². The molecule has 0 saturated carbocycles. The van der Waals surface area contributed by atoms with E-state index in [4.69, 9.17) is 16.3 Å². The van der Waals surface area contributed by atoms with Crippen LogP contribution < -0.4 is 15.0 Å². The third-order valence-electron chi connectivity index (χ3n) is 6.04. The number of nitriles is 1. The van der Waals surface area contributed by atoms with Gasteiger partial charge in [0.1, 0.15) is 22.4 Å². The topological polar surface area (TPSA) is 82.4 Å². The van der Waals surface area contributed by atoms with Crippen molar-refractivity contribution >= 4 is 40.9 Å². The van der Waals surface area contributed by atoms with Crippen molar-refractivity contribution in [2.24, 2.45) is 0 Å². The number of halogens is 1. The molecular weight excluding hydrogens is 506 g/mol. The second kappa shape index (κ2) is 12.0. The van der Waals surface area contributed by atoms with Gasteiger partial charge in [-0.25, -0.2) is 0 Å². The maximum atomic E-state index is 13.6. The number of nitrogens with zero attached hydrogens (tertiary/aromatic N) is 2. The number of methoxy groups -OCH3 is 1. The molecule has 0 radical (unpaired) electrons. The van der Waals surface area contributed by atoms with Crippen molar-refractivity contribution in [2.45, 2.75) is 25.0 Å². The Kier molecular flexibility index (Phi) is 8.54. The number of hydrogen-bond acceptors (Lipinski definition) is 5. The summed E-state index contributed by atoms with van der Waals surface area (Å²) in [5.41, 5.74) is 3.43. The average Bonchev–Trinajstić information content (AvgIpc) is 3.22. The van der Waals surface area contributed by atoms with Gasteiger partial charge in [-0.2, -0.15) is 5.26 Å². The van der Waals surface area contributed by atoms with Crippen molar-refractivity contribution < 1.29 is 14.3 Å². The lowest BCUT2D eigenvalue weighted by atomic mass is 10.1. The van der Waals surface area contributed by atoms with Crippen LogP contribution in [0.3, 0.4) is 0 Å². The number of para-hydroxylation sites is 1. The Hall–Kier alpha value is -3.73. The van der Waals surface area contributed by atoms with Crippen molar-refractivity contribution in [3.63, 3.8) is 0 Å². The van der Waals surface area contributed by atoms with E-state index in [1.54, 1.807) is 19.2 Å². The van der Waals surface area contributed by atoms with Gasteiger partial charge in [0.15, 0.2) is 0 Å². The van der Waals surface area contributed by atoms with Crippen molar-refractivity contribution in [1.29, 1.82) is 5.26 Å². The van der Waals surface area contributed by atoms with E-state index < -0.39 is 11.2 Å². The molecule has 0 aromatic heterocycles. The Bertz CT molecular complexity index is 1370. The predicted molar refractivity (Wildman–Crippen MR) is 148 cm³/mol. The minimum absolute atomic E-state index is 0.0821. The average molecular weight is 532 g/mol. The Labute approximate surface area is 225 Å². The van der Waals surface area contributed by atoms with E-state index in [1.165, 1.54) is 16.7 Å². The highest BCUT2D eigenvalue weighted by atomic mass is 35.5. The molecule has 1 N–H and O–H groups in total. The standard InChI is InChI=1S/C29H26ClN3O3S/c1-19-8-9-21(16-25(19)30)17-26-28(35)33(22-6-4-3-5-7-22)29(37-26)24(18-31)27(34)32-15-14-20-10-12-23(36-2)13-11-20/h3-13,16,26H,14-15,17H2,1-2H3,(H,32,34)/b29-24+/t26-/m1/s1. The zero-order valence-corrected chi connectivity index (χ0v) is 22.1. The second-order valence-electron chi connectivity index (χ2n) is 8.55. The zero-order chi connectivity index (χ0) is 26.4. The van der Waals surface area contributed by atoms with Gasteiger partial charge in [-0.15, -0.1) is 0 Å². The molecule has 3 aromatic rings. The Morgan fingerprint density at radius 1 is 1.11 bits per heavy atom. The SMILES string of the molecule is COc1ccc(CCNC(=O)/C(C#N)=C2/S[C@H](Cc3ccc(C)c(Cl)c3)C(=O)N2c2ccccc2)cc1. The summed E-state index contributed by atoms with van der Waals surface area (Å²) >= 11 is 7.53. The molecule has 8 heteroatoms. The van der Waals surface area contributed by atoms with E-state index in [0.717, 1.165) is 22.4 Å². The van der Waals surface area contributed by atoms with Crippen LogP contribution in [0.25, 0.3) is 0 Å². The molecule has 4 rings (SSSR count). The van der Waals surface area contributed by atoms with Gasteiger partial charge in [-0.05, 0) is 66.8 Å². The lowest BCUT2D eigenvalue weighted by molar-refractivity contribution is -0.117. The van der Waals surface area contributed by atoms with Crippen LogP contribution in [0.4, 0.5) is 5.69 Å². The summed E-state index contributed by atoms with van der Waals surface area (Å²) in [6, 6.07) is 24.4. The molecule has 37 heavy (non-hydrogen) atoms. The minimum atomic E-state index is -0.508. The summed E-state index contributed by atoms with van der Waals surface area (Å²) in [6.45, 7) is 2.27. The van der Waals surface area contributed by atoms with Gasteiger partial charge in [-0.1, -0.05) is 65.8 Å². The normalized spacial score (nSPS) is 16.3. The highest BCUT2D eigenvalue weighted by Gasteiger charge is 2.40. The maximum Gasteiger partial charge on any atom is 0.264 e. The fourth-order valence-electron chi connectivity index (χ4n) is 3.98. The summed E-state index contributed by atoms with van der Waals surface area (Å²) in [5, 5.41) is 13.3. The third-order valence-corrected chi connectivity index (χ3v) is 7.71. The first-order chi connectivity index (χ1) is 17.9. The summed E-state index contributed by atoms with van der Waals surface area (Å²) in [4.78, 5) is 28.1. The lowest BCUT2D eigenvalue weighted by Crippen LogP contribution is -2.32. The summed E-state index contributed by atoms with van der Waals surface area (Å²) < 4.78 is 5.17. The first kappa shape index (κ1) is 26.3. The summed E-state index contributed by atoms with van der Waals surface area (Å²) in [7, 11) is 1.61. The van der Waals surface area contributed by atoms with Crippen LogP contribution in [0.5, 0.6) is 5.75 Å². The molecule has 2 amide bonds. The van der Waals surface area contributed by atoms with E-state index in [9.17, 15) is 14.9 Å². The molecule has 0 spiro atoms. The number of nitrogens with one attached hydrogen (secondary N) is 1. The molecule has 1 heterocycles. The van der Waals surface area contributed by atoms with Crippen LogP contribution in [0.15, 0.2) is 83.4 Å². The fourth-order valence-corrected chi connectivity index (χ4v) is 5.49. The molecule has 6 nitrogen and oxygen atoms in total. The smallest absolute Gasteiger partial charge is 0.264 e. The minimum Gasteiger partial charge on any atom is -0.497 e. The predicted octanol–water partition coefficient (Wildman–Crippen LogP) is 5.44. The number of hydrogen-bond donors (Lipinski definition) is 1. The number of anilines is 1. The van der Waals surface area contributed by atoms with Crippen LogP contribution in [0.2, 0.25) is 5.02 Å². The molecular formula is C29H26ClN3O3S. The molecule has 188 valence electrons. The highest BCUT2D eigenvalue weighted by Crippen LogP contribution is 2.42. The van der Waals surface area contributed by atoms with Crippen LogP contribution >= 0.6 is 23.4 Å². The summed E-state index contributed by atoms with van der Waals surface area (Å²) in [5.74, 6) is 0.0728. The van der Waals surface area contributed by atoms with Gasteiger partial charge in [0, 0.05) is 17.3 Å². The highest BCUT2D eigenvalue weighted by molar-refractivity contribution is 8.05. The molecule has 0 bridgehead atoms. The first-order valence-electron chi connectivity index (χ1n) is 11.8. The van der Waals surface area contributed by atoms with E-state index in [-0.39, 0.29) is 11.5 Å². The molecule has 3 aromatic carbocycles. The maximum absolute atomic E-state index is 13.6. The molecule has 1 aliphatic heterocycles. The largest absolute Gasteiger partial charge is 0.497 e. The number of aryl methyl sites for hydroxylation is 1. The third kappa shape index (κ3) is 6.16. The quantitative estimate of drug-likeness (QED) is 0.309.